The smallest absolute Gasteiger partial charge is 0.291 e. The molecule has 0 aliphatic carbocycles. The lowest BCUT2D eigenvalue weighted by Crippen LogP contribution is -2.14. The summed E-state index contributed by atoms with van der Waals surface area (Å²) in [6.45, 7) is 0. The van der Waals surface area contributed by atoms with Crippen LogP contribution in [-0.2, 0) is 10.0 Å². The Morgan fingerprint density at radius 3 is 2.29 bits per heavy atom. The average molecular weight is 402 g/mol. The first-order valence-corrected chi connectivity index (χ1v) is 9.61. The number of nitrogens with one attached hydrogen (secondary N) is 2. The first-order chi connectivity index (χ1) is 13.4. The molecule has 9 heteroatoms. The van der Waals surface area contributed by atoms with E-state index < -0.39 is 15.9 Å². The quantitative estimate of drug-likeness (QED) is 0.628. The Balaban J connectivity index is 1.77. The number of amides is 1. The normalized spacial score (nSPS) is 10.9. The topological polar surface area (TPSA) is 107 Å². The van der Waals surface area contributed by atoms with Crippen molar-refractivity contribution in [3.63, 3.8) is 0 Å². The van der Waals surface area contributed by atoms with E-state index in [0.717, 1.165) is 0 Å². The number of rotatable bonds is 7. The maximum absolute atomic E-state index is 12.7. The van der Waals surface area contributed by atoms with Crippen LogP contribution in [0.25, 0.3) is 0 Å². The Bertz CT molecular complexity index is 1060. The summed E-state index contributed by atoms with van der Waals surface area (Å²) in [5, 5.41) is 2.65. The molecule has 8 nitrogen and oxygen atoms in total. The Kier molecular flexibility index (Phi) is 5.55. The van der Waals surface area contributed by atoms with Gasteiger partial charge in [-0.1, -0.05) is 0 Å². The van der Waals surface area contributed by atoms with Gasteiger partial charge in [-0.2, -0.15) is 0 Å². The summed E-state index contributed by atoms with van der Waals surface area (Å²) in [5.41, 5.74) is 0.809. The third kappa shape index (κ3) is 4.26. The van der Waals surface area contributed by atoms with Crippen molar-refractivity contribution in [1.29, 1.82) is 0 Å². The van der Waals surface area contributed by atoms with Crippen LogP contribution in [0.5, 0.6) is 11.5 Å². The van der Waals surface area contributed by atoms with Gasteiger partial charge < -0.3 is 19.2 Å². The first-order valence-electron chi connectivity index (χ1n) is 8.13. The molecular formula is C19H18N2O6S. The number of methoxy groups -OCH3 is 2. The summed E-state index contributed by atoms with van der Waals surface area (Å²) < 4.78 is 43.2. The van der Waals surface area contributed by atoms with E-state index in [1.165, 1.54) is 44.7 Å². The van der Waals surface area contributed by atoms with Crippen LogP contribution in [0.4, 0.5) is 11.4 Å². The van der Waals surface area contributed by atoms with Crippen molar-refractivity contribution in [2.24, 2.45) is 0 Å². The molecule has 1 amide bonds. The molecule has 0 aliphatic heterocycles. The average Bonchev–Trinajstić information content (AvgIpc) is 3.24. The Hall–Kier alpha value is -3.46. The number of sulfonamides is 1. The van der Waals surface area contributed by atoms with Gasteiger partial charge in [0.2, 0.25) is 0 Å². The molecule has 0 bridgehead atoms. The van der Waals surface area contributed by atoms with Crippen molar-refractivity contribution in [3.05, 3.63) is 66.6 Å². The minimum absolute atomic E-state index is 0.0513. The number of hydrogen-bond donors (Lipinski definition) is 2. The van der Waals surface area contributed by atoms with Gasteiger partial charge in [0.25, 0.3) is 15.9 Å². The predicted molar refractivity (Wildman–Crippen MR) is 103 cm³/mol. The zero-order valence-corrected chi connectivity index (χ0v) is 15.9. The molecule has 0 saturated heterocycles. The van der Waals surface area contributed by atoms with Crippen LogP contribution in [0.3, 0.4) is 0 Å². The van der Waals surface area contributed by atoms with Crippen molar-refractivity contribution in [2.45, 2.75) is 4.90 Å². The van der Waals surface area contributed by atoms with Gasteiger partial charge >= 0.3 is 0 Å². The molecular weight excluding hydrogens is 384 g/mol. The molecule has 0 fully saturated rings. The second kappa shape index (κ2) is 8.05. The lowest BCUT2D eigenvalue weighted by atomic mass is 10.3. The van der Waals surface area contributed by atoms with E-state index in [9.17, 15) is 13.2 Å². The second-order valence-corrected chi connectivity index (χ2v) is 7.28. The maximum Gasteiger partial charge on any atom is 0.291 e. The van der Waals surface area contributed by atoms with Crippen LogP contribution in [-0.4, -0.2) is 28.5 Å². The van der Waals surface area contributed by atoms with E-state index in [2.05, 4.69) is 10.0 Å². The standard InChI is InChI=1S/C19H18N2O6S/c1-25-15-9-10-16(26-2)18(12-15)28(23,24)21-14-7-5-13(6-8-14)20-19(22)17-4-3-11-27-17/h3-12,21H,1-2H3,(H,20,22). The molecule has 0 atom stereocenters. The van der Waals surface area contributed by atoms with E-state index in [0.29, 0.717) is 17.1 Å². The fourth-order valence-corrected chi connectivity index (χ4v) is 3.67. The first kappa shape index (κ1) is 19.3. The summed E-state index contributed by atoms with van der Waals surface area (Å²) in [6.07, 6.45) is 1.40. The molecule has 2 aromatic carbocycles. The number of hydrogen-bond acceptors (Lipinski definition) is 6. The van der Waals surface area contributed by atoms with Gasteiger partial charge in [-0.3, -0.25) is 9.52 Å². The van der Waals surface area contributed by atoms with E-state index in [1.54, 1.807) is 30.3 Å². The summed E-state index contributed by atoms with van der Waals surface area (Å²) >= 11 is 0. The monoisotopic (exact) mass is 402 g/mol. The summed E-state index contributed by atoms with van der Waals surface area (Å²) in [6, 6.07) is 13.8. The number of benzene rings is 2. The maximum atomic E-state index is 12.7. The minimum atomic E-state index is -3.92. The van der Waals surface area contributed by atoms with Gasteiger partial charge in [0, 0.05) is 17.4 Å². The Morgan fingerprint density at radius 2 is 1.68 bits per heavy atom. The molecule has 2 N–H and O–H groups in total. The molecule has 146 valence electrons. The highest BCUT2D eigenvalue weighted by Gasteiger charge is 2.21. The zero-order valence-electron chi connectivity index (χ0n) is 15.1. The molecule has 1 aromatic heterocycles. The number of carbonyl (C=O) groups excluding carboxylic acids is 1. The van der Waals surface area contributed by atoms with Crippen LogP contribution in [0.15, 0.2) is 70.2 Å². The van der Waals surface area contributed by atoms with Crippen molar-refractivity contribution < 1.29 is 27.1 Å². The van der Waals surface area contributed by atoms with Gasteiger partial charge in [-0.05, 0) is 48.5 Å². The highest BCUT2D eigenvalue weighted by molar-refractivity contribution is 7.92. The minimum Gasteiger partial charge on any atom is -0.497 e. The molecule has 1 heterocycles. The Morgan fingerprint density at radius 1 is 0.964 bits per heavy atom. The van der Waals surface area contributed by atoms with Crippen molar-refractivity contribution in [1.82, 2.24) is 0 Å². The van der Waals surface area contributed by atoms with Crippen molar-refractivity contribution in [2.75, 3.05) is 24.3 Å². The highest BCUT2D eigenvalue weighted by Crippen LogP contribution is 2.30. The van der Waals surface area contributed by atoms with Gasteiger partial charge in [-0.15, -0.1) is 0 Å². The molecule has 0 unspecified atom stereocenters. The number of anilines is 2. The van der Waals surface area contributed by atoms with Crippen molar-refractivity contribution >= 4 is 27.3 Å². The Labute approximate surface area is 162 Å². The lowest BCUT2D eigenvalue weighted by Gasteiger charge is -2.13. The van der Waals surface area contributed by atoms with Gasteiger partial charge in [0.05, 0.1) is 20.5 Å². The van der Waals surface area contributed by atoms with Gasteiger partial charge in [0.15, 0.2) is 5.76 Å². The highest BCUT2D eigenvalue weighted by atomic mass is 32.2. The van der Waals surface area contributed by atoms with E-state index in [4.69, 9.17) is 13.9 Å². The summed E-state index contributed by atoms with van der Waals surface area (Å²) in [5.74, 6) is 0.349. The van der Waals surface area contributed by atoms with Gasteiger partial charge in [0.1, 0.15) is 16.4 Å². The van der Waals surface area contributed by atoms with E-state index >= 15 is 0 Å². The summed E-state index contributed by atoms with van der Waals surface area (Å²) in [7, 11) is -1.09. The molecule has 0 aliphatic rings. The molecule has 28 heavy (non-hydrogen) atoms. The SMILES string of the molecule is COc1ccc(OC)c(S(=O)(=O)Nc2ccc(NC(=O)c3ccco3)cc2)c1. The third-order valence-electron chi connectivity index (χ3n) is 3.80. The predicted octanol–water partition coefficient (Wildman–Crippen LogP) is 3.35. The van der Waals surface area contributed by atoms with E-state index in [1.807, 2.05) is 0 Å². The van der Waals surface area contributed by atoms with Crippen LogP contribution in [0.2, 0.25) is 0 Å². The number of carbonyl (C=O) groups is 1. The molecule has 0 saturated carbocycles. The fourth-order valence-electron chi connectivity index (χ4n) is 2.43. The number of ether oxygens (including phenoxy) is 2. The van der Waals surface area contributed by atoms with Crippen molar-refractivity contribution in [3.8, 4) is 11.5 Å². The molecule has 3 aromatic rings. The summed E-state index contributed by atoms with van der Waals surface area (Å²) in [4.78, 5) is 11.9. The molecule has 3 rings (SSSR count). The van der Waals surface area contributed by atoms with E-state index in [-0.39, 0.29) is 16.4 Å². The third-order valence-corrected chi connectivity index (χ3v) is 5.20. The van der Waals surface area contributed by atoms with Crippen LogP contribution >= 0.6 is 0 Å². The molecule has 0 spiro atoms. The van der Waals surface area contributed by atoms with Crippen LogP contribution < -0.4 is 19.5 Å². The van der Waals surface area contributed by atoms with Crippen LogP contribution in [0, 0.1) is 0 Å². The number of furan rings is 1. The second-order valence-electron chi connectivity index (χ2n) is 5.63. The largest absolute Gasteiger partial charge is 0.497 e. The van der Waals surface area contributed by atoms with Crippen LogP contribution in [0.1, 0.15) is 10.6 Å². The van der Waals surface area contributed by atoms with Gasteiger partial charge in [-0.25, -0.2) is 8.42 Å². The fraction of sp³-hybridized carbons (Fsp3) is 0.105. The molecule has 0 radical (unpaired) electrons. The zero-order chi connectivity index (χ0) is 20.1. The lowest BCUT2D eigenvalue weighted by molar-refractivity contribution is 0.0996.